The maximum Gasteiger partial charge on any atom is 0.0725 e. The minimum absolute atomic E-state index is 1.07. The van der Waals surface area contributed by atoms with E-state index in [-0.39, 0.29) is 0 Å². The van der Waals surface area contributed by atoms with Gasteiger partial charge in [0, 0.05) is 27.7 Å². The first-order chi connectivity index (χ1) is 13.3. The van der Waals surface area contributed by atoms with Crippen LogP contribution in [0, 0.1) is 0 Å². The van der Waals surface area contributed by atoms with Gasteiger partial charge in [-0.1, -0.05) is 42.5 Å². The van der Waals surface area contributed by atoms with E-state index in [1.807, 2.05) is 4.68 Å². The third-order valence-corrected chi connectivity index (χ3v) is 6.06. The van der Waals surface area contributed by atoms with E-state index in [1.165, 1.54) is 48.7 Å². The van der Waals surface area contributed by atoms with Crippen LogP contribution < -0.4 is 5.84 Å². The molecule has 0 amide bonds. The molecule has 2 N–H and O–H groups in total. The van der Waals surface area contributed by atoms with E-state index in [9.17, 15) is 0 Å². The van der Waals surface area contributed by atoms with Crippen LogP contribution in [0.25, 0.3) is 59.8 Å². The quantitative estimate of drug-likeness (QED) is 0.354. The molecule has 0 aliphatic carbocycles. The van der Waals surface area contributed by atoms with E-state index in [1.54, 1.807) is 0 Å². The highest BCUT2D eigenvalue weighted by Gasteiger charge is 2.18. The maximum atomic E-state index is 6.50. The summed E-state index contributed by atoms with van der Waals surface area (Å²) in [5, 5.41) is 8.74. The van der Waals surface area contributed by atoms with Crippen molar-refractivity contribution in [2.45, 2.75) is 0 Å². The molecule has 7 aromatic rings. The number of nitrogens with two attached hydrogens (primary N) is 1. The summed E-state index contributed by atoms with van der Waals surface area (Å²) in [6, 6.07) is 26.1. The van der Waals surface area contributed by atoms with Gasteiger partial charge in [-0.3, -0.25) is 4.68 Å². The summed E-state index contributed by atoms with van der Waals surface area (Å²) in [5.41, 5.74) is 4.61. The number of nitrogen functional groups attached to an aromatic ring is 1. The Morgan fingerprint density at radius 2 is 1.41 bits per heavy atom. The van der Waals surface area contributed by atoms with Gasteiger partial charge in [-0.25, -0.2) is 0 Å². The smallest absolute Gasteiger partial charge is 0.0725 e. The zero-order valence-electron chi connectivity index (χ0n) is 14.5. The number of fused-ring (bicyclic) bond motifs is 4. The molecule has 27 heavy (non-hydrogen) atoms. The molecule has 0 aliphatic rings. The van der Waals surface area contributed by atoms with Crippen molar-refractivity contribution < 1.29 is 0 Å². The normalized spacial score (nSPS) is 12.6. The minimum Gasteiger partial charge on any atom is -0.339 e. The molecule has 0 radical (unpaired) electrons. The van der Waals surface area contributed by atoms with Crippen LogP contribution in [0.3, 0.4) is 0 Å². The lowest BCUT2D eigenvalue weighted by molar-refractivity contribution is 1.12. The molecule has 0 unspecified atom stereocenters. The largest absolute Gasteiger partial charge is 0.339 e. The molecule has 3 aromatic heterocycles. The summed E-state index contributed by atoms with van der Waals surface area (Å²) in [7, 11) is 0. The lowest BCUT2D eigenvalue weighted by atomic mass is 10.0. The van der Waals surface area contributed by atoms with Gasteiger partial charge >= 0.3 is 0 Å². The van der Waals surface area contributed by atoms with Crippen molar-refractivity contribution in [1.82, 2.24) is 9.08 Å². The first kappa shape index (κ1) is 13.5. The van der Waals surface area contributed by atoms with Crippen molar-refractivity contribution in [3.8, 4) is 0 Å². The van der Waals surface area contributed by atoms with E-state index < -0.39 is 0 Å². The van der Waals surface area contributed by atoms with Crippen molar-refractivity contribution in [1.29, 1.82) is 0 Å². The molecule has 7 rings (SSSR count). The first-order valence-corrected chi connectivity index (χ1v) is 9.17. The van der Waals surface area contributed by atoms with Crippen molar-refractivity contribution in [3.63, 3.8) is 0 Å². The number of hydrogen-bond acceptors (Lipinski definition) is 1. The highest BCUT2D eigenvalue weighted by atomic mass is 15.3. The van der Waals surface area contributed by atoms with Crippen molar-refractivity contribution in [2.24, 2.45) is 0 Å². The van der Waals surface area contributed by atoms with E-state index in [4.69, 9.17) is 5.84 Å². The SMILES string of the molecule is Nn1c2cccc3c4cc5ccccc5cc4n4ccc5ccc1c(c32)c54. The average molecular weight is 345 g/mol. The predicted octanol–water partition coefficient (Wildman–Crippen LogP) is 5.66. The Balaban J connectivity index is 1.98. The molecule has 0 spiro atoms. The summed E-state index contributed by atoms with van der Waals surface area (Å²) in [5.74, 6) is 6.50. The molecule has 126 valence electrons. The van der Waals surface area contributed by atoms with Gasteiger partial charge < -0.3 is 10.2 Å². The van der Waals surface area contributed by atoms with Crippen LogP contribution in [-0.2, 0) is 0 Å². The number of aromatic nitrogens is 2. The van der Waals surface area contributed by atoms with Crippen LogP contribution in [0.15, 0.2) is 79.0 Å². The van der Waals surface area contributed by atoms with Gasteiger partial charge in [0.2, 0.25) is 0 Å². The summed E-state index contributed by atoms with van der Waals surface area (Å²) >= 11 is 0. The molecule has 0 aliphatic heterocycles. The number of rotatable bonds is 0. The standard InChI is InChI=1S/C24H15N3/c25-27-19-7-3-6-17-18-12-15-4-1-2-5-16(15)13-21(18)26-11-10-14-8-9-20(27)23(22(17)19)24(14)26/h1-13H,25H2. The third-order valence-electron chi connectivity index (χ3n) is 6.06. The molecule has 0 atom stereocenters. The van der Waals surface area contributed by atoms with Crippen LogP contribution in [-0.4, -0.2) is 9.08 Å². The van der Waals surface area contributed by atoms with Crippen LogP contribution in [0.4, 0.5) is 0 Å². The van der Waals surface area contributed by atoms with Crippen LogP contribution in [0.1, 0.15) is 0 Å². The van der Waals surface area contributed by atoms with Crippen molar-refractivity contribution in [3.05, 3.63) is 79.0 Å². The second-order valence-electron chi connectivity index (χ2n) is 7.37. The van der Waals surface area contributed by atoms with Gasteiger partial charge in [-0.2, -0.15) is 0 Å². The molecule has 3 nitrogen and oxygen atoms in total. The lowest BCUT2D eigenvalue weighted by Crippen LogP contribution is -2.06. The lowest BCUT2D eigenvalue weighted by Gasteiger charge is -2.05. The van der Waals surface area contributed by atoms with Gasteiger partial charge in [0.05, 0.1) is 22.1 Å². The van der Waals surface area contributed by atoms with Gasteiger partial charge in [-0.05, 0) is 46.5 Å². The molecule has 0 fully saturated rings. The molecule has 3 heteroatoms. The predicted molar refractivity (Wildman–Crippen MR) is 114 cm³/mol. The molecule has 4 aromatic carbocycles. The Bertz CT molecular complexity index is 1680. The summed E-state index contributed by atoms with van der Waals surface area (Å²) in [6.45, 7) is 0. The number of benzene rings is 4. The molecule has 0 saturated heterocycles. The minimum atomic E-state index is 1.07. The zero-order valence-corrected chi connectivity index (χ0v) is 14.5. The summed E-state index contributed by atoms with van der Waals surface area (Å²) in [6.07, 6.45) is 2.18. The highest BCUT2D eigenvalue weighted by molar-refractivity contribution is 6.30. The Hall–Kier alpha value is -3.72. The summed E-state index contributed by atoms with van der Waals surface area (Å²) in [4.78, 5) is 0. The fraction of sp³-hybridized carbons (Fsp3) is 0. The Morgan fingerprint density at radius 3 is 2.30 bits per heavy atom. The van der Waals surface area contributed by atoms with Crippen LogP contribution in [0.2, 0.25) is 0 Å². The summed E-state index contributed by atoms with van der Waals surface area (Å²) < 4.78 is 4.16. The number of hydrogen-bond donors (Lipinski definition) is 1. The molecular formula is C24H15N3. The first-order valence-electron chi connectivity index (χ1n) is 9.17. The maximum absolute atomic E-state index is 6.50. The number of nitrogens with zero attached hydrogens (tertiary/aromatic N) is 2. The fourth-order valence-corrected chi connectivity index (χ4v) is 4.87. The molecule has 0 bridgehead atoms. The van der Waals surface area contributed by atoms with E-state index in [0.29, 0.717) is 0 Å². The fourth-order valence-electron chi connectivity index (χ4n) is 4.87. The monoisotopic (exact) mass is 345 g/mol. The topological polar surface area (TPSA) is 35.4 Å². The van der Waals surface area contributed by atoms with E-state index >= 15 is 0 Å². The van der Waals surface area contributed by atoms with Crippen LogP contribution in [0.5, 0.6) is 0 Å². The van der Waals surface area contributed by atoms with Crippen molar-refractivity contribution >= 4 is 59.8 Å². The van der Waals surface area contributed by atoms with Gasteiger partial charge in [0.15, 0.2) is 0 Å². The zero-order chi connectivity index (χ0) is 17.7. The van der Waals surface area contributed by atoms with Gasteiger partial charge in [-0.15, -0.1) is 0 Å². The Labute approximate surface area is 154 Å². The highest BCUT2D eigenvalue weighted by Crippen LogP contribution is 2.41. The third kappa shape index (κ3) is 1.46. The Kier molecular flexibility index (Phi) is 2.16. The average Bonchev–Trinajstić information content (AvgIpc) is 3.23. The molecule has 3 heterocycles. The van der Waals surface area contributed by atoms with Crippen LogP contribution >= 0.6 is 0 Å². The van der Waals surface area contributed by atoms with Gasteiger partial charge in [0.1, 0.15) is 0 Å². The van der Waals surface area contributed by atoms with Crippen molar-refractivity contribution in [2.75, 3.05) is 5.84 Å². The molecule has 0 saturated carbocycles. The second kappa shape index (κ2) is 4.33. The molecular weight excluding hydrogens is 330 g/mol. The Morgan fingerprint density at radius 1 is 0.593 bits per heavy atom. The van der Waals surface area contributed by atoms with Gasteiger partial charge in [0.25, 0.3) is 0 Å². The van der Waals surface area contributed by atoms with E-state index in [0.717, 1.165) is 11.0 Å². The second-order valence-corrected chi connectivity index (χ2v) is 7.37. The van der Waals surface area contributed by atoms with E-state index in [2.05, 4.69) is 83.4 Å².